The van der Waals surface area contributed by atoms with Gasteiger partial charge in [0.1, 0.15) is 17.7 Å². The Morgan fingerprint density at radius 3 is 2.65 bits per heavy atom. The Morgan fingerprint density at radius 2 is 1.87 bits per heavy atom. The molecule has 2 aliphatic rings. The van der Waals surface area contributed by atoms with E-state index >= 15 is 0 Å². The Labute approximate surface area is 184 Å². The second kappa shape index (κ2) is 8.07. The van der Waals surface area contributed by atoms with Crippen molar-refractivity contribution >= 4 is 46.6 Å². The van der Waals surface area contributed by atoms with Crippen molar-refractivity contribution in [2.45, 2.75) is 18.9 Å². The van der Waals surface area contributed by atoms with Crippen LogP contribution in [0.4, 0.5) is 11.6 Å². The third-order valence-corrected chi connectivity index (χ3v) is 6.15. The monoisotopic (exact) mass is 434 g/mol. The first-order chi connectivity index (χ1) is 15.1. The highest BCUT2D eigenvalue weighted by molar-refractivity contribution is 7.71. The molecule has 158 valence electrons. The molecule has 4 heterocycles. The van der Waals surface area contributed by atoms with Crippen LogP contribution in [0.5, 0.6) is 0 Å². The first-order valence-electron chi connectivity index (χ1n) is 10.4. The van der Waals surface area contributed by atoms with Gasteiger partial charge in [-0.3, -0.25) is 9.59 Å². The molecule has 8 nitrogen and oxygen atoms in total. The van der Waals surface area contributed by atoms with E-state index in [4.69, 9.17) is 12.2 Å². The minimum absolute atomic E-state index is 0.0674. The van der Waals surface area contributed by atoms with Crippen LogP contribution < -0.4 is 10.2 Å². The van der Waals surface area contributed by atoms with Gasteiger partial charge < -0.3 is 15.1 Å². The van der Waals surface area contributed by atoms with E-state index in [-0.39, 0.29) is 16.6 Å². The highest BCUT2D eigenvalue weighted by Gasteiger charge is 2.32. The number of rotatable bonds is 4. The van der Waals surface area contributed by atoms with E-state index in [0.717, 1.165) is 29.8 Å². The summed E-state index contributed by atoms with van der Waals surface area (Å²) in [5.41, 5.74) is 0.751. The molecular formula is C22H22N6O2S. The van der Waals surface area contributed by atoms with Gasteiger partial charge in [0.25, 0.3) is 5.91 Å². The van der Waals surface area contributed by atoms with E-state index < -0.39 is 6.04 Å². The molecule has 1 aromatic carbocycles. The highest BCUT2D eigenvalue weighted by Crippen LogP contribution is 2.29. The molecule has 0 spiro atoms. The maximum absolute atomic E-state index is 12.9. The third-order valence-electron chi connectivity index (χ3n) is 5.87. The van der Waals surface area contributed by atoms with E-state index in [1.54, 1.807) is 6.20 Å². The van der Waals surface area contributed by atoms with Gasteiger partial charge in [-0.05, 0) is 42.9 Å². The fourth-order valence-electron chi connectivity index (χ4n) is 4.22. The van der Waals surface area contributed by atoms with Gasteiger partial charge in [-0.25, -0.2) is 14.5 Å². The number of para-hydroxylation sites is 1. The fraction of sp³-hybridized carbons (Fsp3) is 0.318. The minimum atomic E-state index is -0.479. The molecule has 3 aromatic rings. The molecule has 2 aromatic heterocycles. The van der Waals surface area contributed by atoms with Crippen LogP contribution in [0.25, 0.3) is 10.9 Å². The van der Waals surface area contributed by atoms with Gasteiger partial charge in [0.15, 0.2) is 0 Å². The van der Waals surface area contributed by atoms with Crippen LogP contribution in [-0.4, -0.2) is 63.5 Å². The number of piperazine rings is 1. The average Bonchev–Trinajstić information content (AvgIpc) is 3.15. The van der Waals surface area contributed by atoms with E-state index in [9.17, 15) is 9.59 Å². The summed E-state index contributed by atoms with van der Waals surface area (Å²) in [7, 11) is 0. The van der Waals surface area contributed by atoms with Crippen molar-refractivity contribution in [2.75, 3.05) is 36.4 Å². The molecule has 31 heavy (non-hydrogen) atoms. The van der Waals surface area contributed by atoms with Crippen LogP contribution in [-0.2, 0) is 4.79 Å². The highest BCUT2D eigenvalue weighted by atomic mass is 32.1. The molecule has 0 aliphatic carbocycles. The zero-order valence-electron chi connectivity index (χ0n) is 16.9. The standard InChI is InChI=1S/C22H22N6O2S/c29-19(27-13-11-26(12-14-27)18-7-3-4-10-23-18)9-8-17-21(30)28-20(24-17)15-5-1-2-6-16(15)25-22(28)31/h1-7,10,17,24H,8-9,11-14H2. The van der Waals surface area contributed by atoms with Crippen LogP contribution in [0.2, 0.25) is 0 Å². The quantitative estimate of drug-likeness (QED) is 0.632. The topological polar surface area (TPSA) is 83.4 Å². The summed E-state index contributed by atoms with van der Waals surface area (Å²) in [5, 5.41) is 4.13. The van der Waals surface area contributed by atoms with Gasteiger partial charge >= 0.3 is 0 Å². The number of amides is 1. The molecule has 1 unspecified atom stereocenters. The molecule has 1 atom stereocenters. The lowest BCUT2D eigenvalue weighted by Crippen LogP contribution is -2.49. The number of anilines is 2. The summed E-state index contributed by atoms with van der Waals surface area (Å²) in [6.07, 6.45) is 2.50. The van der Waals surface area contributed by atoms with Crippen molar-refractivity contribution < 1.29 is 9.59 Å². The Balaban J connectivity index is 1.21. The van der Waals surface area contributed by atoms with Crippen molar-refractivity contribution in [3.63, 3.8) is 0 Å². The number of nitrogens with zero attached hydrogens (tertiary/aromatic N) is 5. The lowest BCUT2D eigenvalue weighted by molar-refractivity contribution is -0.131. The Hall–Kier alpha value is -3.33. The number of fused-ring (bicyclic) bond motifs is 3. The summed E-state index contributed by atoms with van der Waals surface area (Å²) in [6, 6.07) is 12.9. The van der Waals surface area contributed by atoms with Gasteiger partial charge in [0.2, 0.25) is 10.7 Å². The van der Waals surface area contributed by atoms with Crippen molar-refractivity contribution in [3.05, 3.63) is 53.4 Å². The van der Waals surface area contributed by atoms with Crippen molar-refractivity contribution in [1.82, 2.24) is 19.4 Å². The second-order valence-corrected chi connectivity index (χ2v) is 8.09. The maximum Gasteiger partial charge on any atom is 0.257 e. The summed E-state index contributed by atoms with van der Waals surface area (Å²) < 4.78 is 1.70. The van der Waals surface area contributed by atoms with Crippen LogP contribution in [0.1, 0.15) is 17.6 Å². The van der Waals surface area contributed by atoms with E-state index in [1.807, 2.05) is 47.4 Å². The lowest BCUT2D eigenvalue weighted by atomic mass is 10.1. The first-order valence-corrected chi connectivity index (χ1v) is 10.8. The van der Waals surface area contributed by atoms with Gasteiger partial charge in [-0.15, -0.1) is 0 Å². The van der Waals surface area contributed by atoms with Gasteiger partial charge in [-0.1, -0.05) is 18.2 Å². The zero-order chi connectivity index (χ0) is 21.4. The van der Waals surface area contributed by atoms with E-state index in [2.05, 4.69) is 20.2 Å². The number of pyridine rings is 1. The Morgan fingerprint density at radius 1 is 1.10 bits per heavy atom. The molecule has 1 fully saturated rings. The second-order valence-electron chi connectivity index (χ2n) is 7.73. The molecule has 0 bridgehead atoms. The largest absolute Gasteiger partial charge is 0.359 e. The van der Waals surface area contributed by atoms with Gasteiger partial charge in [0, 0.05) is 44.2 Å². The van der Waals surface area contributed by atoms with Crippen LogP contribution in [0.15, 0.2) is 48.7 Å². The SMILES string of the molecule is O=C(CCC1Nc2c3ccccc3nc(=S)n2C1=O)N1CCN(c2ccccn2)CC1. The Kier molecular flexibility index (Phi) is 5.11. The van der Waals surface area contributed by atoms with Crippen molar-refractivity contribution in [3.8, 4) is 0 Å². The van der Waals surface area contributed by atoms with Gasteiger partial charge in [-0.2, -0.15) is 0 Å². The van der Waals surface area contributed by atoms with Crippen molar-refractivity contribution in [2.24, 2.45) is 0 Å². The van der Waals surface area contributed by atoms with Crippen LogP contribution >= 0.6 is 12.2 Å². The Bertz CT molecular complexity index is 1200. The first kappa shape index (κ1) is 19.6. The molecule has 5 rings (SSSR count). The van der Waals surface area contributed by atoms with Crippen LogP contribution in [0, 0.1) is 4.77 Å². The minimum Gasteiger partial charge on any atom is -0.359 e. The number of nitrogens with one attached hydrogen (secondary N) is 1. The normalized spacial score (nSPS) is 18.2. The number of carbonyl (C=O) groups excluding carboxylic acids is 2. The summed E-state index contributed by atoms with van der Waals surface area (Å²) in [5.74, 6) is 1.52. The number of hydrogen-bond donors (Lipinski definition) is 1. The van der Waals surface area contributed by atoms with E-state index in [0.29, 0.717) is 31.7 Å². The fourth-order valence-corrected chi connectivity index (χ4v) is 4.50. The molecule has 2 aliphatic heterocycles. The molecule has 1 saturated heterocycles. The molecular weight excluding hydrogens is 412 g/mol. The van der Waals surface area contributed by atoms with E-state index in [1.165, 1.54) is 4.57 Å². The third kappa shape index (κ3) is 3.65. The lowest BCUT2D eigenvalue weighted by Gasteiger charge is -2.35. The number of hydrogen-bond acceptors (Lipinski definition) is 7. The predicted octanol–water partition coefficient (Wildman–Crippen LogP) is 2.72. The molecule has 0 saturated carbocycles. The maximum atomic E-state index is 12.9. The molecule has 1 amide bonds. The van der Waals surface area contributed by atoms with Crippen molar-refractivity contribution in [1.29, 1.82) is 0 Å². The van der Waals surface area contributed by atoms with Gasteiger partial charge in [0.05, 0.1) is 5.52 Å². The summed E-state index contributed by atoms with van der Waals surface area (Å²) in [4.78, 5) is 38.5. The smallest absolute Gasteiger partial charge is 0.257 e. The average molecular weight is 435 g/mol. The van der Waals surface area contributed by atoms with Crippen LogP contribution in [0.3, 0.4) is 0 Å². The molecule has 1 N–H and O–H groups in total. The molecule has 0 radical (unpaired) electrons. The predicted molar refractivity (Wildman–Crippen MR) is 121 cm³/mol. The molecule has 9 heteroatoms. The number of aromatic nitrogens is 3. The summed E-state index contributed by atoms with van der Waals surface area (Å²) in [6.45, 7) is 2.81. The number of carbonyl (C=O) groups is 2. The number of benzene rings is 1. The zero-order valence-corrected chi connectivity index (χ0v) is 17.7. The summed E-state index contributed by atoms with van der Waals surface area (Å²) >= 11 is 5.33.